The topological polar surface area (TPSA) is 43.4 Å². The van der Waals surface area contributed by atoms with Gasteiger partial charge in [0.2, 0.25) is 0 Å². The van der Waals surface area contributed by atoms with Gasteiger partial charge in [0.1, 0.15) is 5.78 Å². The third kappa shape index (κ3) is 7.53. The molecule has 0 heterocycles. The third-order valence-corrected chi connectivity index (χ3v) is 3.05. The van der Waals surface area contributed by atoms with E-state index in [-0.39, 0.29) is 30.5 Å². The maximum Gasteiger partial charge on any atom is 0.306 e. The molecule has 0 saturated carbocycles. The van der Waals surface area contributed by atoms with Gasteiger partial charge in [-0.2, -0.15) is 0 Å². The second kappa shape index (κ2) is 7.84. The molecule has 0 bridgehead atoms. The van der Waals surface area contributed by atoms with Gasteiger partial charge in [-0.05, 0) is 39.0 Å². The Hall–Kier alpha value is -0.390. The Morgan fingerprint density at radius 1 is 1.40 bits per heavy atom. The van der Waals surface area contributed by atoms with Crippen LogP contribution >= 0.6 is 22.6 Å². The van der Waals surface area contributed by atoms with Crippen LogP contribution in [0.3, 0.4) is 0 Å². The second-order valence-corrected chi connectivity index (χ2v) is 4.78. The van der Waals surface area contributed by atoms with Crippen molar-refractivity contribution in [2.75, 3.05) is 6.61 Å². The summed E-state index contributed by atoms with van der Waals surface area (Å²) < 4.78 is 5.70. The van der Waals surface area contributed by atoms with Gasteiger partial charge in [-0.15, -0.1) is 0 Å². The molecule has 0 unspecified atom stereocenters. The fourth-order valence-electron chi connectivity index (χ4n) is 1.03. The first-order chi connectivity index (χ1) is 6.97. The lowest BCUT2D eigenvalue weighted by Crippen LogP contribution is -2.10. The van der Waals surface area contributed by atoms with Crippen molar-refractivity contribution in [3.8, 4) is 0 Å². The van der Waals surface area contributed by atoms with Crippen LogP contribution in [0.1, 0.15) is 33.1 Å². The minimum atomic E-state index is -0.299. The van der Waals surface area contributed by atoms with E-state index in [4.69, 9.17) is 4.74 Å². The third-order valence-electron chi connectivity index (χ3n) is 1.98. The zero-order valence-corrected chi connectivity index (χ0v) is 11.4. The fraction of sp³-hybridized carbons (Fsp3) is 0.636. The summed E-state index contributed by atoms with van der Waals surface area (Å²) in [4.78, 5) is 22.4. The lowest BCUT2D eigenvalue weighted by atomic mass is 10.0. The highest BCUT2D eigenvalue weighted by molar-refractivity contribution is 14.1. The molecule has 0 aromatic carbocycles. The van der Waals surface area contributed by atoms with Crippen molar-refractivity contribution in [3.63, 3.8) is 0 Å². The molecule has 0 aromatic rings. The summed E-state index contributed by atoms with van der Waals surface area (Å²) in [5.74, 6) is -0.0273. The Kier molecular flexibility index (Phi) is 7.64. The van der Waals surface area contributed by atoms with Crippen molar-refractivity contribution in [2.24, 2.45) is 5.92 Å². The summed E-state index contributed by atoms with van der Waals surface area (Å²) in [6, 6.07) is 0. The van der Waals surface area contributed by atoms with E-state index >= 15 is 0 Å². The lowest BCUT2D eigenvalue weighted by molar-refractivity contribution is -0.144. The molecule has 0 aliphatic carbocycles. The highest BCUT2D eigenvalue weighted by Gasteiger charge is 2.12. The summed E-state index contributed by atoms with van der Waals surface area (Å²) in [6.07, 6.45) is 0.918. The van der Waals surface area contributed by atoms with Crippen LogP contribution in [0.2, 0.25) is 0 Å². The van der Waals surface area contributed by atoms with Crippen molar-refractivity contribution >= 4 is 34.3 Å². The van der Waals surface area contributed by atoms with Crippen LogP contribution in [-0.2, 0) is 14.3 Å². The van der Waals surface area contributed by atoms with E-state index < -0.39 is 0 Å². The largest absolute Gasteiger partial charge is 0.466 e. The summed E-state index contributed by atoms with van der Waals surface area (Å²) in [7, 11) is 0. The Labute approximate surface area is 104 Å². The van der Waals surface area contributed by atoms with Crippen molar-refractivity contribution in [1.29, 1.82) is 0 Å². The number of esters is 1. The molecule has 0 saturated heterocycles. The molecule has 4 heteroatoms. The Morgan fingerprint density at radius 2 is 2.00 bits per heavy atom. The molecule has 0 rings (SSSR count). The minimum absolute atomic E-state index is 0.0911. The number of ketones is 1. The zero-order chi connectivity index (χ0) is 11.8. The van der Waals surface area contributed by atoms with Crippen LogP contribution in [0.15, 0.2) is 10.2 Å². The molecular formula is C11H17IO3. The average Bonchev–Trinajstić information content (AvgIpc) is 2.15. The smallest absolute Gasteiger partial charge is 0.306 e. The maximum absolute atomic E-state index is 11.4. The van der Waals surface area contributed by atoms with E-state index in [2.05, 4.69) is 29.2 Å². The van der Waals surface area contributed by atoms with Crippen LogP contribution in [0.5, 0.6) is 0 Å². The van der Waals surface area contributed by atoms with Gasteiger partial charge in [-0.3, -0.25) is 9.59 Å². The molecule has 15 heavy (non-hydrogen) atoms. The van der Waals surface area contributed by atoms with Crippen molar-refractivity contribution in [3.05, 3.63) is 10.2 Å². The summed E-state index contributed by atoms with van der Waals surface area (Å²) in [5.41, 5.74) is 0. The SMILES string of the molecule is C=C(I)[C@H](C)CC(=O)CCC(=O)OCC. The van der Waals surface area contributed by atoms with Gasteiger partial charge >= 0.3 is 5.97 Å². The molecule has 0 aromatic heterocycles. The highest BCUT2D eigenvalue weighted by Crippen LogP contribution is 2.20. The lowest BCUT2D eigenvalue weighted by Gasteiger charge is -2.08. The number of hydrogen-bond donors (Lipinski definition) is 0. The first kappa shape index (κ1) is 14.6. The predicted octanol–water partition coefficient (Wildman–Crippen LogP) is 2.87. The number of halogens is 1. The van der Waals surface area contributed by atoms with Crippen LogP contribution in [-0.4, -0.2) is 18.4 Å². The van der Waals surface area contributed by atoms with Crippen LogP contribution in [0.25, 0.3) is 0 Å². The molecule has 0 N–H and O–H groups in total. The minimum Gasteiger partial charge on any atom is -0.466 e. The monoisotopic (exact) mass is 324 g/mol. The van der Waals surface area contributed by atoms with E-state index in [0.29, 0.717) is 13.0 Å². The van der Waals surface area contributed by atoms with Gasteiger partial charge in [-0.1, -0.05) is 13.5 Å². The molecule has 86 valence electrons. The maximum atomic E-state index is 11.4. The van der Waals surface area contributed by atoms with E-state index in [9.17, 15) is 9.59 Å². The molecule has 0 radical (unpaired) electrons. The molecule has 0 aliphatic heterocycles. The second-order valence-electron chi connectivity index (χ2n) is 3.40. The molecule has 1 atom stereocenters. The van der Waals surface area contributed by atoms with Crippen molar-refractivity contribution in [1.82, 2.24) is 0 Å². The molecule has 0 spiro atoms. The number of allylic oxidation sites excluding steroid dienone is 1. The number of rotatable bonds is 7. The number of ether oxygens (including phenoxy) is 1. The fourth-order valence-corrected chi connectivity index (χ4v) is 1.25. The summed E-state index contributed by atoms with van der Waals surface area (Å²) in [5, 5.41) is 0. The normalized spacial score (nSPS) is 11.9. The summed E-state index contributed by atoms with van der Waals surface area (Å²) >= 11 is 2.12. The van der Waals surface area contributed by atoms with Crippen molar-refractivity contribution < 1.29 is 14.3 Å². The van der Waals surface area contributed by atoms with Crippen LogP contribution < -0.4 is 0 Å². The van der Waals surface area contributed by atoms with Gasteiger partial charge in [0.05, 0.1) is 13.0 Å². The van der Waals surface area contributed by atoms with E-state index in [1.807, 2.05) is 6.92 Å². The molecule has 0 aliphatic rings. The molecule has 3 nitrogen and oxygen atoms in total. The Bertz CT molecular complexity index is 248. The number of carbonyl (C=O) groups excluding carboxylic acids is 2. The highest BCUT2D eigenvalue weighted by atomic mass is 127. The van der Waals surface area contributed by atoms with E-state index in [1.165, 1.54) is 0 Å². The van der Waals surface area contributed by atoms with Gasteiger partial charge in [-0.25, -0.2) is 0 Å². The first-order valence-electron chi connectivity index (χ1n) is 4.99. The van der Waals surface area contributed by atoms with Gasteiger partial charge in [0, 0.05) is 12.8 Å². The molecule has 0 fully saturated rings. The van der Waals surface area contributed by atoms with E-state index in [1.54, 1.807) is 6.92 Å². The molecule has 0 amide bonds. The van der Waals surface area contributed by atoms with Gasteiger partial charge in [0.25, 0.3) is 0 Å². The standard InChI is InChI=1S/C11H17IO3/c1-4-15-11(14)6-5-10(13)7-8(2)9(3)12/h8H,3-7H2,1-2H3/t8-/m1/s1. The van der Waals surface area contributed by atoms with Gasteiger partial charge in [0.15, 0.2) is 0 Å². The Morgan fingerprint density at radius 3 is 2.47 bits per heavy atom. The van der Waals surface area contributed by atoms with Crippen LogP contribution in [0, 0.1) is 5.92 Å². The van der Waals surface area contributed by atoms with E-state index in [0.717, 1.165) is 3.58 Å². The molecular weight excluding hydrogens is 307 g/mol. The predicted molar refractivity (Wildman–Crippen MR) is 67.8 cm³/mol. The average molecular weight is 324 g/mol. The number of carbonyl (C=O) groups is 2. The first-order valence-corrected chi connectivity index (χ1v) is 6.06. The zero-order valence-electron chi connectivity index (χ0n) is 9.22. The van der Waals surface area contributed by atoms with Crippen LogP contribution in [0.4, 0.5) is 0 Å². The number of hydrogen-bond acceptors (Lipinski definition) is 3. The quantitative estimate of drug-likeness (QED) is 0.534. The number of Topliss-reactive ketones (excluding diaryl/α,β-unsaturated/α-hetero) is 1. The Balaban J connectivity index is 3.75. The van der Waals surface area contributed by atoms with Crippen molar-refractivity contribution in [2.45, 2.75) is 33.1 Å². The van der Waals surface area contributed by atoms with Gasteiger partial charge < -0.3 is 4.74 Å². The summed E-state index contributed by atoms with van der Waals surface area (Å²) in [6.45, 7) is 7.85.